The molecule has 2 aromatic rings. The van der Waals surface area contributed by atoms with E-state index in [1.807, 2.05) is 30.1 Å². The zero-order valence-electron chi connectivity index (χ0n) is 11.2. The van der Waals surface area contributed by atoms with Gasteiger partial charge >= 0.3 is 0 Å². The van der Waals surface area contributed by atoms with Gasteiger partial charge in [0.15, 0.2) is 0 Å². The minimum atomic E-state index is -0.0251. The van der Waals surface area contributed by atoms with Gasteiger partial charge in [0.25, 0.3) is 0 Å². The van der Waals surface area contributed by atoms with Crippen LogP contribution in [0.1, 0.15) is 26.5 Å². The summed E-state index contributed by atoms with van der Waals surface area (Å²) < 4.78 is 1.82. The Morgan fingerprint density at radius 1 is 1.22 bits per heavy atom. The Labute approximate surface area is 113 Å². The average molecular weight is 264 g/mol. The van der Waals surface area contributed by atoms with Crippen molar-refractivity contribution in [3.63, 3.8) is 0 Å². The van der Waals surface area contributed by atoms with Crippen LogP contribution in [0.15, 0.2) is 24.4 Å². The number of nitrogen functional groups attached to an aromatic ring is 1. The quantitative estimate of drug-likeness (QED) is 0.799. The number of aromatic nitrogens is 2. The van der Waals surface area contributed by atoms with Gasteiger partial charge in [0.05, 0.1) is 5.69 Å². The van der Waals surface area contributed by atoms with Crippen LogP contribution in [0, 0.1) is 0 Å². The van der Waals surface area contributed by atoms with E-state index >= 15 is 0 Å². The highest BCUT2D eigenvalue weighted by Gasteiger charge is 2.23. The summed E-state index contributed by atoms with van der Waals surface area (Å²) in [7, 11) is 1.92. The fourth-order valence-corrected chi connectivity index (χ4v) is 2.20. The molecule has 0 bridgehead atoms. The summed E-state index contributed by atoms with van der Waals surface area (Å²) in [5.74, 6) is 0. The molecule has 4 heteroatoms. The van der Waals surface area contributed by atoms with E-state index in [0.29, 0.717) is 10.7 Å². The first kappa shape index (κ1) is 13.0. The molecule has 0 saturated heterocycles. The van der Waals surface area contributed by atoms with Crippen LogP contribution in [0.5, 0.6) is 0 Å². The van der Waals surface area contributed by atoms with Crippen molar-refractivity contribution in [1.82, 2.24) is 9.78 Å². The fourth-order valence-electron chi connectivity index (χ4n) is 2.02. The van der Waals surface area contributed by atoms with E-state index in [-0.39, 0.29) is 5.41 Å². The van der Waals surface area contributed by atoms with Crippen LogP contribution in [0.4, 0.5) is 5.69 Å². The third-order valence-corrected chi connectivity index (χ3v) is 3.08. The summed E-state index contributed by atoms with van der Waals surface area (Å²) in [4.78, 5) is 0. The number of rotatable bonds is 1. The molecule has 0 radical (unpaired) electrons. The molecule has 2 N–H and O–H groups in total. The number of hydrogen-bond acceptors (Lipinski definition) is 2. The molecule has 0 fully saturated rings. The van der Waals surface area contributed by atoms with Gasteiger partial charge in [-0.05, 0) is 12.1 Å². The Morgan fingerprint density at radius 2 is 1.89 bits per heavy atom. The predicted molar refractivity (Wildman–Crippen MR) is 76.8 cm³/mol. The van der Waals surface area contributed by atoms with Gasteiger partial charge in [0.2, 0.25) is 0 Å². The maximum absolute atomic E-state index is 6.05. The maximum Gasteiger partial charge on any atom is 0.0756 e. The van der Waals surface area contributed by atoms with E-state index in [9.17, 15) is 0 Å². The molecule has 0 aliphatic rings. The highest BCUT2D eigenvalue weighted by molar-refractivity contribution is 6.31. The number of anilines is 1. The van der Waals surface area contributed by atoms with E-state index in [1.165, 1.54) is 0 Å². The summed E-state index contributed by atoms with van der Waals surface area (Å²) in [5.41, 5.74) is 9.80. The third kappa shape index (κ3) is 2.36. The second-order valence-electron chi connectivity index (χ2n) is 5.55. The minimum Gasteiger partial charge on any atom is -0.398 e. The molecule has 0 aliphatic carbocycles. The first-order chi connectivity index (χ1) is 8.29. The molecule has 0 amide bonds. The van der Waals surface area contributed by atoms with Crippen LogP contribution in [-0.2, 0) is 12.5 Å². The van der Waals surface area contributed by atoms with E-state index < -0.39 is 0 Å². The van der Waals surface area contributed by atoms with Gasteiger partial charge in [-0.1, -0.05) is 38.4 Å². The summed E-state index contributed by atoms with van der Waals surface area (Å²) in [6.07, 6.45) is 2.00. The summed E-state index contributed by atoms with van der Waals surface area (Å²) in [6, 6.07) is 5.58. The lowest BCUT2D eigenvalue weighted by Crippen LogP contribution is -2.14. The highest BCUT2D eigenvalue weighted by Crippen LogP contribution is 2.35. The minimum absolute atomic E-state index is 0.0251. The summed E-state index contributed by atoms with van der Waals surface area (Å²) in [5, 5.41) is 5.20. The Morgan fingerprint density at radius 3 is 2.44 bits per heavy atom. The Hall–Kier alpha value is -1.48. The first-order valence-electron chi connectivity index (χ1n) is 5.88. The lowest BCUT2D eigenvalue weighted by molar-refractivity contribution is 0.554. The molecule has 1 aromatic heterocycles. The first-order valence-corrected chi connectivity index (χ1v) is 6.26. The van der Waals surface area contributed by atoms with Crippen LogP contribution in [0.2, 0.25) is 5.02 Å². The van der Waals surface area contributed by atoms with Crippen molar-refractivity contribution in [2.24, 2.45) is 7.05 Å². The number of nitrogens with two attached hydrogens (primary N) is 1. The van der Waals surface area contributed by atoms with Crippen molar-refractivity contribution < 1.29 is 0 Å². The van der Waals surface area contributed by atoms with E-state index in [4.69, 9.17) is 17.3 Å². The van der Waals surface area contributed by atoms with Crippen molar-refractivity contribution >= 4 is 17.3 Å². The Balaban J connectivity index is 2.64. The fraction of sp³-hybridized carbons (Fsp3) is 0.357. The normalized spacial score (nSPS) is 11.8. The standard InChI is InChI=1S/C14H18ClN3/c1-14(2,3)13-11(8-18(4)17-13)10-6-5-9(15)7-12(10)16/h5-8H,16H2,1-4H3. The number of halogens is 1. The smallest absolute Gasteiger partial charge is 0.0756 e. The maximum atomic E-state index is 6.05. The topological polar surface area (TPSA) is 43.8 Å². The molecule has 18 heavy (non-hydrogen) atoms. The summed E-state index contributed by atoms with van der Waals surface area (Å²) in [6.45, 7) is 6.43. The lowest BCUT2D eigenvalue weighted by Gasteiger charge is -2.18. The van der Waals surface area contributed by atoms with Crippen molar-refractivity contribution in [2.45, 2.75) is 26.2 Å². The monoisotopic (exact) mass is 263 g/mol. The van der Waals surface area contributed by atoms with E-state index in [2.05, 4.69) is 25.9 Å². The predicted octanol–water partition coefficient (Wildman–Crippen LogP) is 3.62. The van der Waals surface area contributed by atoms with Crippen molar-refractivity contribution in [3.05, 3.63) is 35.1 Å². The van der Waals surface area contributed by atoms with Gasteiger partial charge in [0.1, 0.15) is 0 Å². The highest BCUT2D eigenvalue weighted by atomic mass is 35.5. The van der Waals surface area contributed by atoms with Gasteiger partial charge < -0.3 is 5.73 Å². The van der Waals surface area contributed by atoms with Crippen LogP contribution in [0.25, 0.3) is 11.1 Å². The molecular weight excluding hydrogens is 246 g/mol. The number of benzene rings is 1. The largest absolute Gasteiger partial charge is 0.398 e. The molecule has 1 aromatic carbocycles. The van der Waals surface area contributed by atoms with Crippen molar-refractivity contribution in [1.29, 1.82) is 0 Å². The van der Waals surface area contributed by atoms with Crippen LogP contribution < -0.4 is 5.73 Å². The van der Waals surface area contributed by atoms with Crippen LogP contribution in [0.3, 0.4) is 0 Å². The number of nitrogens with zero attached hydrogens (tertiary/aromatic N) is 2. The van der Waals surface area contributed by atoms with Gasteiger partial charge in [-0.2, -0.15) is 5.10 Å². The third-order valence-electron chi connectivity index (χ3n) is 2.84. The van der Waals surface area contributed by atoms with Crippen molar-refractivity contribution in [2.75, 3.05) is 5.73 Å². The molecule has 1 heterocycles. The van der Waals surface area contributed by atoms with Crippen LogP contribution in [-0.4, -0.2) is 9.78 Å². The SMILES string of the molecule is Cn1cc(-c2ccc(Cl)cc2N)c(C(C)(C)C)n1. The van der Waals surface area contributed by atoms with E-state index in [1.54, 1.807) is 6.07 Å². The zero-order valence-corrected chi connectivity index (χ0v) is 11.9. The van der Waals surface area contributed by atoms with Gasteiger partial charge in [0, 0.05) is 40.5 Å². The lowest BCUT2D eigenvalue weighted by atomic mass is 9.87. The van der Waals surface area contributed by atoms with Gasteiger partial charge in [-0.3, -0.25) is 4.68 Å². The Kier molecular flexibility index (Phi) is 3.11. The Bertz CT molecular complexity index is 579. The molecule has 96 valence electrons. The number of aryl methyl sites for hydroxylation is 1. The molecule has 0 unspecified atom stereocenters. The van der Waals surface area contributed by atoms with Gasteiger partial charge in [-0.15, -0.1) is 0 Å². The van der Waals surface area contributed by atoms with Crippen molar-refractivity contribution in [3.8, 4) is 11.1 Å². The molecular formula is C14H18ClN3. The zero-order chi connectivity index (χ0) is 13.5. The molecule has 3 nitrogen and oxygen atoms in total. The van der Waals surface area contributed by atoms with Gasteiger partial charge in [-0.25, -0.2) is 0 Å². The second kappa shape index (κ2) is 4.32. The number of hydrogen-bond donors (Lipinski definition) is 1. The second-order valence-corrected chi connectivity index (χ2v) is 5.98. The molecule has 0 atom stereocenters. The average Bonchev–Trinajstić information content (AvgIpc) is 2.59. The molecule has 0 spiro atoms. The van der Waals surface area contributed by atoms with Crippen LogP contribution >= 0.6 is 11.6 Å². The molecule has 0 aliphatic heterocycles. The molecule has 2 rings (SSSR count). The molecule has 0 saturated carbocycles. The van der Waals surface area contributed by atoms with E-state index in [0.717, 1.165) is 16.8 Å². The summed E-state index contributed by atoms with van der Waals surface area (Å²) >= 11 is 5.94.